The molecule has 2 rings (SSSR count). The molecule has 0 saturated carbocycles. The summed E-state index contributed by atoms with van der Waals surface area (Å²) >= 11 is 7.48. The lowest BCUT2D eigenvalue weighted by atomic mass is 10.0. The fourth-order valence-corrected chi connectivity index (χ4v) is 2.71. The van der Waals surface area contributed by atoms with Gasteiger partial charge in [0.2, 0.25) is 0 Å². The first kappa shape index (κ1) is 14.3. The van der Waals surface area contributed by atoms with Gasteiger partial charge in [0.1, 0.15) is 5.82 Å². The number of rotatable bonds is 3. The van der Waals surface area contributed by atoms with Crippen molar-refractivity contribution in [3.8, 4) is 0 Å². The highest BCUT2D eigenvalue weighted by molar-refractivity contribution is 7.07. The van der Waals surface area contributed by atoms with Crippen molar-refractivity contribution in [2.24, 2.45) is 0 Å². The molecule has 102 valence electrons. The number of hydrogen-bond acceptors (Lipinski definition) is 1. The average molecular weight is 309 g/mol. The van der Waals surface area contributed by atoms with Crippen molar-refractivity contribution in [2.75, 3.05) is 0 Å². The Labute approximate surface area is 116 Å². The van der Waals surface area contributed by atoms with Crippen LogP contribution in [0, 0.1) is 5.82 Å². The summed E-state index contributed by atoms with van der Waals surface area (Å²) < 4.78 is 51.3. The molecule has 0 N–H and O–H groups in total. The third-order valence-electron chi connectivity index (χ3n) is 2.66. The monoisotopic (exact) mass is 308 g/mol. The predicted molar refractivity (Wildman–Crippen MR) is 68.0 cm³/mol. The molecule has 0 nitrogen and oxygen atoms in total. The molecule has 1 aromatic heterocycles. The number of halogens is 5. The van der Waals surface area contributed by atoms with Crippen LogP contribution in [0.15, 0.2) is 35.0 Å². The van der Waals surface area contributed by atoms with E-state index in [4.69, 9.17) is 11.6 Å². The van der Waals surface area contributed by atoms with E-state index in [1.165, 1.54) is 11.3 Å². The van der Waals surface area contributed by atoms with Crippen LogP contribution in [0.25, 0.3) is 0 Å². The molecule has 0 saturated heterocycles. The predicted octanol–water partition coefficient (Wildman–Crippen LogP) is 5.43. The van der Waals surface area contributed by atoms with E-state index in [2.05, 4.69) is 0 Å². The normalized spacial score (nSPS) is 13.5. The Kier molecular flexibility index (Phi) is 4.16. The summed E-state index contributed by atoms with van der Waals surface area (Å²) in [4.78, 5) is 0. The summed E-state index contributed by atoms with van der Waals surface area (Å²) in [7, 11) is 0. The molecule has 1 aromatic carbocycles. The Balaban J connectivity index is 2.28. The summed E-state index contributed by atoms with van der Waals surface area (Å²) in [5.41, 5.74) is -0.135. The number of hydrogen-bond donors (Lipinski definition) is 0. The van der Waals surface area contributed by atoms with Crippen LogP contribution in [-0.2, 0) is 12.6 Å². The third-order valence-corrected chi connectivity index (χ3v) is 3.78. The van der Waals surface area contributed by atoms with Crippen LogP contribution >= 0.6 is 22.9 Å². The largest absolute Gasteiger partial charge is 0.416 e. The van der Waals surface area contributed by atoms with Gasteiger partial charge >= 0.3 is 6.18 Å². The van der Waals surface area contributed by atoms with Gasteiger partial charge in [-0.1, -0.05) is 0 Å². The first-order valence-electron chi connectivity index (χ1n) is 5.39. The summed E-state index contributed by atoms with van der Waals surface area (Å²) in [6, 6.07) is 4.11. The average Bonchev–Trinajstić information content (AvgIpc) is 2.80. The second kappa shape index (κ2) is 5.51. The Hall–Kier alpha value is -1.07. The maximum absolute atomic E-state index is 13.6. The van der Waals surface area contributed by atoms with Crippen LogP contribution < -0.4 is 0 Å². The zero-order valence-electron chi connectivity index (χ0n) is 9.55. The Morgan fingerprint density at radius 1 is 1.21 bits per heavy atom. The minimum Gasteiger partial charge on any atom is -0.207 e. The van der Waals surface area contributed by atoms with Crippen LogP contribution in [0.2, 0.25) is 0 Å². The van der Waals surface area contributed by atoms with Crippen molar-refractivity contribution in [3.05, 3.63) is 57.5 Å². The Morgan fingerprint density at radius 2 is 1.95 bits per heavy atom. The first-order chi connectivity index (χ1) is 8.88. The molecule has 0 aliphatic rings. The third kappa shape index (κ3) is 3.48. The van der Waals surface area contributed by atoms with E-state index >= 15 is 0 Å². The Bertz CT molecular complexity index is 548. The maximum Gasteiger partial charge on any atom is 0.416 e. The molecule has 0 bridgehead atoms. The molecule has 0 amide bonds. The SMILES string of the molecule is Fc1ccc(C(F)(F)F)cc1C(Cl)Cc1ccsc1. The molecule has 0 aliphatic heterocycles. The molecular formula is C13H9ClF4S. The van der Waals surface area contributed by atoms with Crippen molar-refractivity contribution in [3.63, 3.8) is 0 Å². The van der Waals surface area contributed by atoms with Gasteiger partial charge in [0.05, 0.1) is 10.9 Å². The molecule has 1 heterocycles. The van der Waals surface area contributed by atoms with Gasteiger partial charge in [-0.15, -0.1) is 11.6 Å². The minimum absolute atomic E-state index is 0.123. The lowest BCUT2D eigenvalue weighted by Crippen LogP contribution is -2.08. The smallest absolute Gasteiger partial charge is 0.207 e. The zero-order chi connectivity index (χ0) is 14.0. The fraction of sp³-hybridized carbons (Fsp3) is 0.231. The number of benzene rings is 1. The van der Waals surface area contributed by atoms with Crippen LogP contribution in [-0.4, -0.2) is 0 Å². The maximum atomic E-state index is 13.6. The number of thiophene rings is 1. The van der Waals surface area contributed by atoms with E-state index in [1.54, 1.807) is 0 Å². The molecule has 0 aliphatic carbocycles. The summed E-state index contributed by atoms with van der Waals surface area (Å²) in [5.74, 6) is -0.719. The molecule has 0 radical (unpaired) electrons. The second-order valence-corrected chi connectivity index (χ2v) is 5.34. The fourth-order valence-electron chi connectivity index (χ4n) is 1.69. The van der Waals surface area contributed by atoms with Gasteiger partial charge in [0.15, 0.2) is 0 Å². The zero-order valence-corrected chi connectivity index (χ0v) is 11.1. The van der Waals surface area contributed by atoms with Crippen molar-refractivity contribution in [1.29, 1.82) is 0 Å². The van der Waals surface area contributed by atoms with E-state index in [0.29, 0.717) is 12.5 Å². The standard InChI is InChI=1S/C13H9ClF4S/c14-11(5-8-3-4-19-7-8)10-6-9(13(16,17)18)1-2-12(10)15/h1-4,6-7,11H,5H2. The molecule has 0 spiro atoms. The van der Waals surface area contributed by atoms with Crippen LogP contribution in [0.4, 0.5) is 17.6 Å². The Morgan fingerprint density at radius 3 is 2.53 bits per heavy atom. The van der Waals surface area contributed by atoms with Crippen molar-refractivity contribution in [1.82, 2.24) is 0 Å². The van der Waals surface area contributed by atoms with Crippen molar-refractivity contribution < 1.29 is 17.6 Å². The van der Waals surface area contributed by atoms with Crippen molar-refractivity contribution >= 4 is 22.9 Å². The van der Waals surface area contributed by atoms with E-state index < -0.39 is 22.9 Å². The van der Waals surface area contributed by atoms with Crippen LogP contribution in [0.3, 0.4) is 0 Å². The summed E-state index contributed by atoms with van der Waals surface area (Å²) in [5, 5.41) is 2.85. The van der Waals surface area contributed by atoms with Gasteiger partial charge < -0.3 is 0 Å². The molecule has 0 fully saturated rings. The molecule has 6 heteroatoms. The quantitative estimate of drug-likeness (QED) is 0.524. The van der Waals surface area contributed by atoms with Gasteiger partial charge in [0.25, 0.3) is 0 Å². The van der Waals surface area contributed by atoms with E-state index in [-0.39, 0.29) is 5.56 Å². The summed E-state index contributed by atoms with van der Waals surface area (Å²) in [6.45, 7) is 0. The van der Waals surface area contributed by atoms with E-state index in [9.17, 15) is 17.6 Å². The number of alkyl halides is 4. The highest BCUT2D eigenvalue weighted by Gasteiger charge is 2.31. The lowest BCUT2D eigenvalue weighted by molar-refractivity contribution is -0.137. The highest BCUT2D eigenvalue weighted by atomic mass is 35.5. The van der Waals surface area contributed by atoms with Gasteiger partial charge in [-0.3, -0.25) is 0 Å². The van der Waals surface area contributed by atoms with Gasteiger partial charge in [-0.05, 0) is 47.0 Å². The lowest BCUT2D eigenvalue weighted by Gasteiger charge is -2.13. The second-order valence-electron chi connectivity index (χ2n) is 4.04. The van der Waals surface area contributed by atoms with E-state index in [0.717, 1.165) is 17.7 Å². The van der Waals surface area contributed by atoms with Gasteiger partial charge in [0, 0.05) is 5.56 Å². The van der Waals surface area contributed by atoms with Crippen molar-refractivity contribution in [2.45, 2.75) is 18.0 Å². The molecule has 1 unspecified atom stereocenters. The van der Waals surface area contributed by atoms with Gasteiger partial charge in [-0.2, -0.15) is 24.5 Å². The first-order valence-corrected chi connectivity index (χ1v) is 6.77. The molecule has 19 heavy (non-hydrogen) atoms. The van der Waals surface area contributed by atoms with Gasteiger partial charge in [-0.25, -0.2) is 4.39 Å². The van der Waals surface area contributed by atoms with Crippen LogP contribution in [0.5, 0.6) is 0 Å². The highest BCUT2D eigenvalue weighted by Crippen LogP contribution is 2.34. The minimum atomic E-state index is -4.50. The van der Waals surface area contributed by atoms with E-state index in [1.807, 2.05) is 16.8 Å². The molecule has 1 atom stereocenters. The molecule has 2 aromatic rings. The molecular weight excluding hydrogens is 300 g/mol. The summed E-state index contributed by atoms with van der Waals surface area (Å²) in [6.07, 6.45) is -4.20. The topological polar surface area (TPSA) is 0 Å². The van der Waals surface area contributed by atoms with Crippen LogP contribution in [0.1, 0.15) is 22.1 Å².